The lowest BCUT2D eigenvalue weighted by Crippen LogP contribution is -2.23. The summed E-state index contributed by atoms with van der Waals surface area (Å²) in [6.45, 7) is -4.58. The molecule has 0 saturated heterocycles. The van der Waals surface area contributed by atoms with E-state index in [4.69, 9.17) is 0 Å². The van der Waals surface area contributed by atoms with Crippen molar-refractivity contribution in [1.29, 1.82) is 0 Å². The van der Waals surface area contributed by atoms with E-state index in [-0.39, 0.29) is 0 Å². The van der Waals surface area contributed by atoms with Crippen molar-refractivity contribution in [3.63, 3.8) is 0 Å². The van der Waals surface area contributed by atoms with Gasteiger partial charge in [-0.1, -0.05) is 0 Å². The van der Waals surface area contributed by atoms with Gasteiger partial charge in [-0.05, 0) is 0 Å². The molecule has 0 atom stereocenters. The van der Waals surface area contributed by atoms with Gasteiger partial charge in [-0.2, -0.15) is 0 Å². The lowest BCUT2D eigenvalue weighted by molar-refractivity contribution is 0.485. The lowest BCUT2D eigenvalue weighted by atomic mass is 9.98. The smallest absolute Gasteiger partial charge is 0.448 e. The molecule has 0 aliphatic heterocycles. The Morgan fingerprint density at radius 3 is 1.29 bits per heavy atom. The molecule has 44 valence electrons. The highest BCUT2D eigenvalue weighted by Crippen LogP contribution is 2.26. The van der Waals surface area contributed by atoms with E-state index in [0.717, 1.165) is 0 Å². The monoisotopic (exact) mass is 335 g/mol. The molecule has 7 heavy (non-hydrogen) atoms. The van der Waals surface area contributed by atoms with Gasteiger partial charge in [-0.25, -0.2) is 0 Å². The fourth-order valence-electron chi connectivity index (χ4n) is 0. The molecule has 0 aliphatic carbocycles. The maximum Gasteiger partial charge on any atom is 0.500 e. The molecule has 0 rings (SSSR count). The average molecular weight is 335 g/mol. The summed E-state index contributed by atoms with van der Waals surface area (Å²) in [5.74, 6) is 0. The SMILES string of the molecule is F[B-](F)(F)C(I)I. The fraction of sp³-hybridized carbons (Fsp3) is 1.00. The van der Waals surface area contributed by atoms with Crippen molar-refractivity contribution < 1.29 is 12.9 Å². The van der Waals surface area contributed by atoms with E-state index >= 15 is 0 Å². The molecule has 0 aromatic rings. The summed E-state index contributed by atoms with van der Waals surface area (Å²) in [6, 6.07) is 0. The van der Waals surface area contributed by atoms with Crippen LogP contribution < -0.4 is 0 Å². The molecule has 0 heterocycles. The van der Waals surface area contributed by atoms with Crippen LogP contribution in [0.3, 0.4) is 0 Å². The second-order valence-corrected chi connectivity index (χ2v) is 6.03. The first-order valence-corrected chi connectivity index (χ1v) is 3.92. The van der Waals surface area contributed by atoms with E-state index in [1.54, 1.807) is 0 Å². The predicted molar refractivity (Wildman–Crippen MR) is 40.9 cm³/mol. The Hall–Kier alpha value is 1.31. The molecule has 0 N–H and O–H groups in total. The van der Waals surface area contributed by atoms with Crippen LogP contribution in [0.5, 0.6) is 0 Å². The van der Waals surface area contributed by atoms with Crippen LogP contribution in [0.1, 0.15) is 0 Å². The van der Waals surface area contributed by atoms with Gasteiger partial charge in [0.15, 0.2) is 0 Å². The number of hydrogen-bond acceptors (Lipinski definition) is 0. The second kappa shape index (κ2) is 2.74. The summed E-state index contributed by atoms with van der Waals surface area (Å²) in [6.07, 6.45) is 0. The van der Waals surface area contributed by atoms with E-state index in [9.17, 15) is 12.9 Å². The first-order chi connectivity index (χ1) is 2.94. The third-order valence-electron chi connectivity index (χ3n) is 0.286. The minimum Gasteiger partial charge on any atom is -0.448 e. The molecule has 0 aromatic heterocycles. The largest absolute Gasteiger partial charge is 0.500 e. The summed E-state index contributed by atoms with van der Waals surface area (Å²) in [4.78, 5) is 0. The van der Waals surface area contributed by atoms with E-state index in [1.165, 1.54) is 45.2 Å². The van der Waals surface area contributed by atoms with Gasteiger partial charge in [0.1, 0.15) is 0 Å². The molecule has 0 bridgehead atoms. The van der Waals surface area contributed by atoms with Crippen LogP contribution in [0, 0.1) is 0 Å². The van der Waals surface area contributed by atoms with Crippen molar-refractivity contribution in [1.82, 2.24) is 0 Å². The maximum absolute atomic E-state index is 11.2. The molecule has 0 spiro atoms. The van der Waals surface area contributed by atoms with Gasteiger partial charge >= 0.3 is 6.98 Å². The Balaban J connectivity index is 3.54. The molecule has 0 unspecified atom stereocenters. The molecule has 0 radical (unpaired) electrons. The van der Waals surface area contributed by atoms with Crippen molar-refractivity contribution in [3.05, 3.63) is 0 Å². The van der Waals surface area contributed by atoms with E-state index < -0.39 is 8.81 Å². The van der Waals surface area contributed by atoms with Gasteiger partial charge < -0.3 is 12.9 Å². The van der Waals surface area contributed by atoms with Crippen molar-refractivity contribution in [2.75, 3.05) is 0 Å². The Morgan fingerprint density at radius 1 is 1.14 bits per heavy atom. The van der Waals surface area contributed by atoms with Gasteiger partial charge in [0.25, 0.3) is 0 Å². The first kappa shape index (κ1) is 8.31. The molecule has 6 heteroatoms. The highest BCUT2D eigenvalue weighted by molar-refractivity contribution is 14.2. The minimum absolute atomic E-state index is 1.20. The molecular weight excluding hydrogens is 334 g/mol. The van der Waals surface area contributed by atoms with Crippen molar-refractivity contribution in [2.24, 2.45) is 0 Å². The summed E-state index contributed by atoms with van der Waals surface area (Å²) in [5, 5.41) is 0. The second-order valence-electron chi connectivity index (χ2n) is 0.960. The van der Waals surface area contributed by atoms with Gasteiger partial charge in [0, 0.05) is 1.83 Å². The first-order valence-electron chi connectivity index (χ1n) is 1.42. The number of hydrogen-bond donors (Lipinski definition) is 0. The summed E-state index contributed by atoms with van der Waals surface area (Å²) in [5.41, 5.74) is 0. The van der Waals surface area contributed by atoms with Crippen LogP contribution in [0.25, 0.3) is 0 Å². The van der Waals surface area contributed by atoms with Gasteiger partial charge in [0.2, 0.25) is 0 Å². The van der Waals surface area contributed by atoms with Crippen LogP contribution in [-0.4, -0.2) is 8.81 Å². The van der Waals surface area contributed by atoms with Gasteiger partial charge in [-0.15, -0.1) is 45.2 Å². The molecule has 0 nitrogen and oxygen atoms in total. The van der Waals surface area contributed by atoms with Crippen LogP contribution in [0.4, 0.5) is 12.9 Å². The average Bonchev–Trinajstić information content (AvgIpc) is 1.31. The quantitative estimate of drug-likeness (QED) is 0.393. The standard InChI is InChI=1S/CHBF3I2/c3-2(4,5)1(6)7/h1H/q-1. The maximum atomic E-state index is 11.2. The zero-order valence-electron chi connectivity index (χ0n) is 3.04. The number of alkyl halides is 2. The molecule has 0 aliphatic rings. The Bertz CT molecular complexity index is 58.4. The Kier molecular flexibility index (Phi) is 3.26. The molecule has 0 fully saturated rings. The van der Waals surface area contributed by atoms with Gasteiger partial charge in [0.05, 0.1) is 0 Å². The van der Waals surface area contributed by atoms with Gasteiger partial charge in [-0.3, -0.25) is 0 Å². The third-order valence-corrected chi connectivity index (χ3v) is 1.92. The van der Waals surface area contributed by atoms with Crippen LogP contribution in [0.15, 0.2) is 0 Å². The van der Waals surface area contributed by atoms with Crippen LogP contribution in [0.2, 0.25) is 0 Å². The van der Waals surface area contributed by atoms with Crippen LogP contribution in [-0.2, 0) is 0 Å². The number of halogens is 5. The molecule has 0 saturated carbocycles. The third kappa shape index (κ3) is 3.86. The highest BCUT2D eigenvalue weighted by Gasteiger charge is 2.30. The topological polar surface area (TPSA) is 0 Å². The van der Waals surface area contributed by atoms with Crippen LogP contribution >= 0.6 is 45.2 Å². The van der Waals surface area contributed by atoms with E-state index in [2.05, 4.69) is 0 Å². The van der Waals surface area contributed by atoms with E-state index in [1.807, 2.05) is 0 Å². The normalized spacial score (nSPS) is 12.9. The lowest BCUT2D eigenvalue weighted by Gasteiger charge is -2.13. The molecule has 0 amide bonds. The minimum atomic E-state index is -4.58. The van der Waals surface area contributed by atoms with Crippen molar-refractivity contribution in [2.45, 2.75) is 1.83 Å². The van der Waals surface area contributed by atoms with E-state index in [0.29, 0.717) is 0 Å². The fourth-order valence-corrected chi connectivity index (χ4v) is 0. The van der Waals surface area contributed by atoms with Crippen molar-refractivity contribution in [3.8, 4) is 0 Å². The predicted octanol–water partition coefficient (Wildman–Crippen LogP) is 2.57. The Morgan fingerprint density at radius 2 is 1.29 bits per heavy atom. The summed E-state index contributed by atoms with van der Waals surface area (Å²) >= 11 is 2.68. The summed E-state index contributed by atoms with van der Waals surface area (Å²) < 4.78 is 32.5. The molecular formula is CHBF3I2-. The van der Waals surface area contributed by atoms with Crippen molar-refractivity contribution >= 4 is 52.2 Å². The number of rotatable bonds is 1. The Labute approximate surface area is 66.6 Å². The highest BCUT2D eigenvalue weighted by atomic mass is 127. The summed E-state index contributed by atoms with van der Waals surface area (Å²) in [7, 11) is 0. The molecule has 0 aromatic carbocycles. The zero-order chi connectivity index (χ0) is 6.08. The zero-order valence-corrected chi connectivity index (χ0v) is 7.36.